The zero-order valence-corrected chi connectivity index (χ0v) is 10.3. The second kappa shape index (κ2) is 6.88. The van der Waals surface area contributed by atoms with E-state index in [1.54, 1.807) is 6.92 Å². The molecule has 0 aromatic heterocycles. The van der Waals surface area contributed by atoms with Gasteiger partial charge in [0.05, 0.1) is 5.33 Å². The molecule has 0 aliphatic heterocycles. The van der Waals surface area contributed by atoms with E-state index in [1.165, 1.54) is 0 Å². The van der Waals surface area contributed by atoms with Crippen LogP contribution in [0.3, 0.4) is 0 Å². The quantitative estimate of drug-likeness (QED) is 0.765. The lowest BCUT2D eigenvalue weighted by Gasteiger charge is -2.17. The third-order valence-corrected chi connectivity index (χ3v) is 2.48. The third-order valence-electron chi connectivity index (χ3n) is 1.85. The van der Waals surface area contributed by atoms with Crippen molar-refractivity contribution in [3.8, 4) is 0 Å². The molecule has 3 nitrogen and oxygen atoms in total. The Balaban J connectivity index is 4.33. The molecular formula is C9H13BrF3NO2. The first-order valence-corrected chi connectivity index (χ1v) is 5.88. The maximum absolute atomic E-state index is 12.0. The predicted molar refractivity (Wildman–Crippen MR) is 56.3 cm³/mol. The highest BCUT2D eigenvalue weighted by molar-refractivity contribution is 9.09. The number of Topliss-reactive ketones (excluding diaryl/α,β-unsaturated/α-hetero) is 1. The van der Waals surface area contributed by atoms with Crippen molar-refractivity contribution < 1.29 is 22.8 Å². The summed E-state index contributed by atoms with van der Waals surface area (Å²) in [7, 11) is 0. The Morgan fingerprint density at radius 3 is 2.31 bits per heavy atom. The molecule has 7 heteroatoms. The van der Waals surface area contributed by atoms with Gasteiger partial charge in [-0.2, -0.15) is 13.2 Å². The Hall–Kier alpha value is -0.590. The van der Waals surface area contributed by atoms with Gasteiger partial charge in [0.25, 0.3) is 0 Å². The number of amides is 1. The summed E-state index contributed by atoms with van der Waals surface area (Å²) < 4.78 is 35.9. The van der Waals surface area contributed by atoms with Crippen LogP contribution in [0.15, 0.2) is 0 Å². The van der Waals surface area contributed by atoms with Gasteiger partial charge in [0.1, 0.15) is 5.78 Å². The van der Waals surface area contributed by atoms with Crippen LogP contribution >= 0.6 is 15.9 Å². The first kappa shape index (κ1) is 15.4. The fourth-order valence-corrected chi connectivity index (χ4v) is 1.40. The molecule has 0 fully saturated rings. The Morgan fingerprint density at radius 1 is 1.38 bits per heavy atom. The van der Waals surface area contributed by atoms with Gasteiger partial charge in [0.2, 0.25) is 0 Å². The Morgan fingerprint density at radius 2 is 1.94 bits per heavy atom. The first-order chi connectivity index (χ1) is 7.31. The van der Waals surface area contributed by atoms with Crippen LogP contribution in [0.5, 0.6) is 0 Å². The molecule has 0 aliphatic rings. The molecule has 0 saturated heterocycles. The maximum Gasteiger partial charge on any atom is 0.471 e. The molecular weight excluding hydrogens is 291 g/mol. The van der Waals surface area contributed by atoms with E-state index in [0.717, 1.165) is 0 Å². The summed E-state index contributed by atoms with van der Waals surface area (Å²) in [5, 5.41) is 1.90. The number of alkyl halides is 4. The van der Waals surface area contributed by atoms with Gasteiger partial charge in [-0.25, -0.2) is 0 Å². The summed E-state index contributed by atoms with van der Waals surface area (Å²) in [5.74, 6) is -2.23. The van der Waals surface area contributed by atoms with Crippen molar-refractivity contribution in [1.29, 1.82) is 0 Å². The highest BCUT2D eigenvalue weighted by Crippen LogP contribution is 2.16. The van der Waals surface area contributed by atoms with Crippen molar-refractivity contribution in [1.82, 2.24) is 5.32 Å². The molecule has 1 amide bonds. The fourth-order valence-electron chi connectivity index (χ4n) is 1.17. The van der Waals surface area contributed by atoms with Crippen LogP contribution in [0.25, 0.3) is 0 Å². The second-order valence-corrected chi connectivity index (χ2v) is 3.89. The number of carbonyl (C=O) groups is 2. The van der Waals surface area contributed by atoms with Crippen molar-refractivity contribution in [2.75, 3.05) is 5.33 Å². The summed E-state index contributed by atoms with van der Waals surface area (Å²) in [4.78, 5) is 21.7. The molecule has 0 saturated carbocycles. The van der Waals surface area contributed by atoms with Crippen molar-refractivity contribution in [3.63, 3.8) is 0 Å². The van der Waals surface area contributed by atoms with Gasteiger partial charge in [-0.3, -0.25) is 9.59 Å². The van der Waals surface area contributed by atoms with Gasteiger partial charge in [0, 0.05) is 12.5 Å². The molecule has 0 bridgehead atoms. The van der Waals surface area contributed by atoms with Crippen LogP contribution in [0, 0.1) is 0 Å². The lowest BCUT2D eigenvalue weighted by Crippen LogP contribution is -2.44. The molecule has 1 atom stereocenters. The number of nitrogens with one attached hydrogen (secondary N) is 1. The van der Waals surface area contributed by atoms with E-state index in [4.69, 9.17) is 0 Å². The largest absolute Gasteiger partial charge is 0.471 e. The normalized spacial score (nSPS) is 13.3. The van der Waals surface area contributed by atoms with E-state index < -0.39 is 18.1 Å². The standard InChI is InChI=1S/C9H13BrF3NO2/c1-2-3-6(4-7(15)5-10)14-8(16)9(11,12)13/h6H,2-5H2,1H3,(H,14,16). The highest BCUT2D eigenvalue weighted by Gasteiger charge is 2.39. The topological polar surface area (TPSA) is 46.2 Å². The molecule has 1 N–H and O–H groups in total. The summed E-state index contributed by atoms with van der Waals surface area (Å²) >= 11 is 2.92. The molecule has 0 aliphatic carbocycles. The van der Waals surface area contributed by atoms with E-state index in [0.29, 0.717) is 12.8 Å². The molecule has 94 valence electrons. The molecule has 0 radical (unpaired) electrons. The average Bonchev–Trinajstić information content (AvgIpc) is 2.16. The zero-order valence-electron chi connectivity index (χ0n) is 8.73. The van der Waals surface area contributed by atoms with Crippen LogP contribution < -0.4 is 5.32 Å². The van der Waals surface area contributed by atoms with Gasteiger partial charge in [-0.05, 0) is 6.42 Å². The van der Waals surface area contributed by atoms with Gasteiger partial charge >= 0.3 is 12.1 Å². The minimum absolute atomic E-state index is 0.0785. The minimum atomic E-state index is -4.90. The lowest BCUT2D eigenvalue weighted by molar-refractivity contribution is -0.174. The lowest BCUT2D eigenvalue weighted by atomic mass is 10.1. The van der Waals surface area contributed by atoms with Crippen molar-refractivity contribution in [2.24, 2.45) is 0 Å². The Kier molecular flexibility index (Phi) is 6.62. The molecule has 0 aromatic carbocycles. The summed E-state index contributed by atoms with van der Waals surface area (Å²) in [5.41, 5.74) is 0. The second-order valence-electron chi connectivity index (χ2n) is 3.33. The summed E-state index contributed by atoms with van der Waals surface area (Å²) in [6, 6.07) is -0.746. The third kappa shape index (κ3) is 6.09. The van der Waals surface area contributed by atoms with Crippen LogP contribution in [0.4, 0.5) is 13.2 Å². The van der Waals surface area contributed by atoms with Crippen LogP contribution in [-0.2, 0) is 9.59 Å². The SMILES string of the molecule is CCCC(CC(=O)CBr)NC(=O)C(F)(F)F. The number of halogens is 4. The molecule has 0 aromatic rings. The van der Waals surface area contributed by atoms with Crippen LogP contribution in [0.2, 0.25) is 0 Å². The first-order valence-electron chi connectivity index (χ1n) is 4.76. The number of ketones is 1. The molecule has 0 spiro atoms. The number of hydrogen-bond acceptors (Lipinski definition) is 2. The van der Waals surface area contributed by atoms with E-state index in [9.17, 15) is 22.8 Å². The Bertz CT molecular complexity index is 256. The van der Waals surface area contributed by atoms with Crippen molar-refractivity contribution in [3.05, 3.63) is 0 Å². The zero-order chi connectivity index (χ0) is 12.8. The number of carbonyl (C=O) groups excluding carboxylic acids is 2. The van der Waals surface area contributed by atoms with Crippen LogP contribution in [-0.4, -0.2) is 29.2 Å². The number of hydrogen-bond donors (Lipinski definition) is 1. The average molecular weight is 304 g/mol. The maximum atomic E-state index is 12.0. The van der Waals surface area contributed by atoms with E-state index in [1.807, 2.05) is 5.32 Å². The van der Waals surface area contributed by atoms with Gasteiger partial charge in [0.15, 0.2) is 0 Å². The predicted octanol–water partition coefficient (Wildman–Crippen LogP) is 2.19. The summed E-state index contributed by atoms with van der Waals surface area (Å²) in [6.45, 7) is 1.77. The van der Waals surface area contributed by atoms with Crippen molar-refractivity contribution >= 4 is 27.6 Å². The van der Waals surface area contributed by atoms with Gasteiger partial charge in [-0.1, -0.05) is 29.3 Å². The minimum Gasteiger partial charge on any atom is -0.345 e. The molecule has 1 unspecified atom stereocenters. The fraction of sp³-hybridized carbons (Fsp3) is 0.778. The van der Waals surface area contributed by atoms with E-state index >= 15 is 0 Å². The van der Waals surface area contributed by atoms with Gasteiger partial charge in [-0.15, -0.1) is 0 Å². The van der Waals surface area contributed by atoms with Crippen LogP contribution in [0.1, 0.15) is 26.2 Å². The monoisotopic (exact) mass is 303 g/mol. The van der Waals surface area contributed by atoms with E-state index in [-0.39, 0.29) is 17.5 Å². The van der Waals surface area contributed by atoms with E-state index in [2.05, 4.69) is 15.9 Å². The molecule has 16 heavy (non-hydrogen) atoms. The highest BCUT2D eigenvalue weighted by atomic mass is 79.9. The molecule has 0 rings (SSSR count). The Labute approximate surface area is 99.9 Å². The molecule has 0 heterocycles. The number of rotatable bonds is 6. The smallest absolute Gasteiger partial charge is 0.345 e. The van der Waals surface area contributed by atoms with Crippen molar-refractivity contribution in [2.45, 2.75) is 38.4 Å². The summed E-state index contributed by atoms with van der Waals surface area (Å²) in [6.07, 6.45) is -4.04. The van der Waals surface area contributed by atoms with Gasteiger partial charge < -0.3 is 5.32 Å².